The van der Waals surface area contributed by atoms with Crippen LogP contribution in [0.15, 0.2) is 40.8 Å². The zero-order valence-electron chi connectivity index (χ0n) is 16.9. The summed E-state index contributed by atoms with van der Waals surface area (Å²) in [5.41, 5.74) is 2.48. The second-order valence-electron chi connectivity index (χ2n) is 7.61. The first-order valence-electron chi connectivity index (χ1n) is 9.89. The third kappa shape index (κ3) is 4.22. The van der Waals surface area contributed by atoms with Crippen LogP contribution >= 0.6 is 11.6 Å². The topological polar surface area (TPSA) is 87.8 Å². The Morgan fingerprint density at radius 1 is 1.40 bits per heavy atom. The lowest BCUT2D eigenvalue weighted by molar-refractivity contribution is 0.0297. The minimum atomic E-state index is -0.367. The van der Waals surface area contributed by atoms with Gasteiger partial charge in [0.2, 0.25) is 0 Å². The molecule has 1 saturated heterocycles. The Balaban J connectivity index is 1.56. The van der Waals surface area contributed by atoms with E-state index in [-0.39, 0.29) is 17.9 Å². The van der Waals surface area contributed by atoms with E-state index in [1.54, 1.807) is 17.0 Å². The Bertz CT molecular complexity index is 1070. The third-order valence-electron chi connectivity index (χ3n) is 5.41. The van der Waals surface area contributed by atoms with Gasteiger partial charge in [0.15, 0.2) is 11.1 Å². The highest BCUT2D eigenvalue weighted by molar-refractivity contribution is 6.30. The van der Waals surface area contributed by atoms with Gasteiger partial charge in [0.25, 0.3) is 11.9 Å². The molecule has 7 nitrogen and oxygen atoms in total. The van der Waals surface area contributed by atoms with Gasteiger partial charge >= 0.3 is 0 Å². The number of likely N-dealkylation sites (tertiary alicyclic amines) is 1. The fourth-order valence-corrected chi connectivity index (χ4v) is 3.89. The summed E-state index contributed by atoms with van der Waals surface area (Å²) in [5.74, 6) is 0.403. The van der Waals surface area contributed by atoms with Crippen molar-refractivity contribution in [3.05, 3.63) is 52.5 Å². The number of aromatic nitrogens is 1. The summed E-state index contributed by atoms with van der Waals surface area (Å²) in [6.07, 6.45) is 0.208. The predicted molar refractivity (Wildman–Crippen MR) is 115 cm³/mol. The number of nitrogens with one attached hydrogen (secondary N) is 1. The largest absolute Gasteiger partial charge is 0.494 e. The number of aliphatic hydroxyl groups excluding tert-OH is 1. The van der Waals surface area contributed by atoms with Gasteiger partial charge in [-0.25, -0.2) is 0 Å². The van der Waals surface area contributed by atoms with Gasteiger partial charge in [-0.1, -0.05) is 30.7 Å². The molecule has 4 rings (SSSR count). The number of ether oxygens (including phenoxy) is 1. The number of amides is 1. The Kier molecular flexibility index (Phi) is 5.83. The molecule has 1 aliphatic heterocycles. The molecule has 0 bridgehead atoms. The molecule has 0 saturated carbocycles. The van der Waals surface area contributed by atoms with Crippen molar-refractivity contribution in [2.75, 3.05) is 25.5 Å². The number of rotatable bonds is 5. The lowest BCUT2D eigenvalue weighted by atomic mass is 9.96. The van der Waals surface area contributed by atoms with Gasteiger partial charge in [0.05, 0.1) is 13.2 Å². The Hall–Kier alpha value is -2.77. The summed E-state index contributed by atoms with van der Waals surface area (Å²) in [5, 5.41) is 13.7. The molecule has 0 radical (unpaired) electrons. The maximum atomic E-state index is 13.0. The molecule has 3 aromatic rings. The number of hydrogen-bond acceptors (Lipinski definition) is 6. The zero-order valence-corrected chi connectivity index (χ0v) is 17.6. The van der Waals surface area contributed by atoms with Crippen molar-refractivity contribution in [3.63, 3.8) is 0 Å². The van der Waals surface area contributed by atoms with E-state index in [1.807, 2.05) is 31.2 Å². The fraction of sp³-hybridized carbons (Fsp3) is 0.364. The minimum absolute atomic E-state index is 0.0425. The molecule has 0 aliphatic carbocycles. The van der Waals surface area contributed by atoms with Crippen LogP contribution in [0.1, 0.15) is 29.3 Å². The van der Waals surface area contributed by atoms with Crippen molar-refractivity contribution in [3.8, 4) is 5.75 Å². The molecule has 2 aromatic carbocycles. The number of carbonyl (C=O) groups is 1. The summed E-state index contributed by atoms with van der Waals surface area (Å²) < 4.78 is 11.3. The van der Waals surface area contributed by atoms with E-state index in [0.29, 0.717) is 59.5 Å². The lowest BCUT2D eigenvalue weighted by Crippen LogP contribution is -2.44. The SMILES string of the molecule is COc1cc(C(=O)N2CCC(O)C(C)C2)cc2oc(NCc3cccc(Cl)c3)nc12. The molecule has 2 N–H and O–H groups in total. The quantitative estimate of drug-likeness (QED) is 0.638. The highest BCUT2D eigenvalue weighted by Gasteiger charge is 2.28. The number of benzene rings is 2. The number of methoxy groups -OCH3 is 1. The van der Waals surface area contributed by atoms with Gasteiger partial charge < -0.3 is 24.5 Å². The number of hydrogen-bond donors (Lipinski definition) is 2. The van der Waals surface area contributed by atoms with E-state index in [1.165, 1.54) is 7.11 Å². The predicted octanol–water partition coefficient (Wildman–Crippen LogP) is 3.94. The van der Waals surface area contributed by atoms with Crippen LogP contribution in [0.5, 0.6) is 5.75 Å². The summed E-state index contributed by atoms with van der Waals surface area (Å²) in [6.45, 7) is 3.48. The molecule has 1 fully saturated rings. The number of oxazole rings is 1. The number of fused-ring (bicyclic) bond motifs is 1. The van der Waals surface area contributed by atoms with E-state index in [9.17, 15) is 9.90 Å². The Labute approximate surface area is 179 Å². The highest BCUT2D eigenvalue weighted by Crippen LogP contribution is 2.31. The molecule has 8 heteroatoms. The monoisotopic (exact) mass is 429 g/mol. The first-order valence-corrected chi connectivity index (χ1v) is 10.3. The van der Waals surface area contributed by atoms with Gasteiger partial charge in [-0.2, -0.15) is 4.98 Å². The van der Waals surface area contributed by atoms with Crippen LogP contribution in [0, 0.1) is 5.92 Å². The van der Waals surface area contributed by atoms with Crippen molar-refractivity contribution in [2.24, 2.45) is 5.92 Å². The van der Waals surface area contributed by atoms with Crippen LogP contribution in [0.3, 0.4) is 0 Å². The molecule has 1 amide bonds. The smallest absolute Gasteiger partial charge is 0.296 e. The standard InChI is InChI=1S/C22H24ClN3O4/c1-13-12-26(7-6-17(13)27)21(28)15-9-18(29-2)20-19(10-15)30-22(25-20)24-11-14-4-3-5-16(23)8-14/h3-5,8-10,13,17,27H,6-7,11-12H2,1-2H3,(H,24,25). The molecule has 1 aromatic heterocycles. The van der Waals surface area contributed by atoms with E-state index in [2.05, 4.69) is 10.3 Å². The van der Waals surface area contributed by atoms with Crippen LogP contribution in [0.2, 0.25) is 5.02 Å². The molecule has 1 aliphatic rings. The van der Waals surface area contributed by atoms with Crippen LogP contribution in [0.25, 0.3) is 11.1 Å². The number of nitrogens with zero attached hydrogens (tertiary/aromatic N) is 2. The normalized spacial score (nSPS) is 19.1. The highest BCUT2D eigenvalue weighted by atomic mass is 35.5. The van der Waals surface area contributed by atoms with Crippen molar-refractivity contribution in [1.29, 1.82) is 0 Å². The summed E-state index contributed by atoms with van der Waals surface area (Å²) in [6, 6.07) is 11.2. The van der Waals surface area contributed by atoms with Gasteiger partial charge in [0.1, 0.15) is 5.75 Å². The summed E-state index contributed by atoms with van der Waals surface area (Å²) in [7, 11) is 1.54. The molecule has 2 unspecified atom stereocenters. The average molecular weight is 430 g/mol. The van der Waals surface area contributed by atoms with E-state index >= 15 is 0 Å². The van der Waals surface area contributed by atoms with Gasteiger partial charge in [0, 0.05) is 30.2 Å². The van der Waals surface area contributed by atoms with E-state index in [4.69, 9.17) is 20.8 Å². The van der Waals surface area contributed by atoms with Crippen molar-refractivity contribution < 1.29 is 19.1 Å². The van der Waals surface area contributed by atoms with Crippen molar-refractivity contribution in [1.82, 2.24) is 9.88 Å². The van der Waals surface area contributed by atoms with Crippen LogP contribution in [0.4, 0.5) is 6.01 Å². The first-order chi connectivity index (χ1) is 14.4. The third-order valence-corrected chi connectivity index (χ3v) is 5.64. The number of halogens is 1. The zero-order chi connectivity index (χ0) is 21.3. The average Bonchev–Trinajstić information content (AvgIpc) is 3.16. The Morgan fingerprint density at radius 3 is 2.97 bits per heavy atom. The van der Waals surface area contributed by atoms with Crippen LogP contribution in [-0.2, 0) is 6.54 Å². The van der Waals surface area contributed by atoms with E-state index < -0.39 is 0 Å². The van der Waals surface area contributed by atoms with Crippen LogP contribution in [-0.4, -0.2) is 47.2 Å². The molecular formula is C22H24ClN3O4. The maximum Gasteiger partial charge on any atom is 0.296 e. The van der Waals surface area contributed by atoms with Gasteiger partial charge in [-0.15, -0.1) is 0 Å². The Morgan fingerprint density at radius 2 is 2.23 bits per heavy atom. The molecular weight excluding hydrogens is 406 g/mol. The number of piperidine rings is 1. The minimum Gasteiger partial charge on any atom is -0.494 e. The summed E-state index contributed by atoms with van der Waals surface area (Å²) in [4.78, 5) is 19.2. The fourth-order valence-electron chi connectivity index (χ4n) is 3.68. The molecule has 2 atom stereocenters. The van der Waals surface area contributed by atoms with Crippen molar-refractivity contribution >= 4 is 34.6 Å². The molecule has 0 spiro atoms. The van der Waals surface area contributed by atoms with Gasteiger partial charge in [-0.05, 0) is 42.2 Å². The lowest BCUT2D eigenvalue weighted by Gasteiger charge is -2.34. The van der Waals surface area contributed by atoms with Crippen LogP contribution < -0.4 is 10.1 Å². The molecule has 30 heavy (non-hydrogen) atoms. The number of anilines is 1. The number of aliphatic hydroxyl groups is 1. The number of carbonyl (C=O) groups excluding carboxylic acids is 1. The summed E-state index contributed by atoms with van der Waals surface area (Å²) >= 11 is 6.03. The molecule has 2 heterocycles. The maximum absolute atomic E-state index is 13.0. The molecule has 158 valence electrons. The van der Waals surface area contributed by atoms with Crippen molar-refractivity contribution in [2.45, 2.75) is 26.0 Å². The second kappa shape index (κ2) is 8.53. The first kappa shape index (κ1) is 20.5. The second-order valence-corrected chi connectivity index (χ2v) is 8.05. The van der Waals surface area contributed by atoms with E-state index in [0.717, 1.165) is 5.56 Å². The van der Waals surface area contributed by atoms with Gasteiger partial charge in [-0.3, -0.25) is 4.79 Å².